The van der Waals surface area contributed by atoms with Crippen LogP contribution in [-0.2, 0) is 0 Å². The molecule has 0 radical (unpaired) electrons. The number of nitrogens with one attached hydrogen (secondary N) is 2. The molecule has 146 valence electrons. The predicted molar refractivity (Wildman–Crippen MR) is 103 cm³/mol. The van der Waals surface area contributed by atoms with Gasteiger partial charge in [0.2, 0.25) is 0 Å². The van der Waals surface area contributed by atoms with Crippen molar-refractivity contribution < 1.29 is 23.1 Å². The number of halogens is 1. The summed E-state index contributed by atoms with van der Waals surface area (Å²) in [7, 11) is 0. The van der Waals surface area contributed by atoms with Crippen LogP contribution in [0.1, 0.15) is 27.3 Å². The summed E-state index contributed by atoms with van der Waals surface area (Å²) >= 11 is 0. The standard InChI is InChI=1S/C21H21FN2O4/c22-10-3-13-27-17-8-6-15(7-9-17)20(25)23-11-12-24-21(26)19-14-16-4-1-2-5-18(16)28-19/h1-2,4-9,14H,3,10-13H2,(H,23,25)(H,24,26). The van der Waals surface area contributed by atoms with Gasteiger partial charge in [-0.25, -0.2) is 0 Å². The van der Waals surface area contributed by atoms with Crippen molar-refractivity contribution >= 4 is 22.8 Å². The summed E-state index contributed by atoms with van der Waals surface area (Å²) in [5, 5.41) is 6.30. The fourth-order valence-electron chi connectivity index (χ4n) is 2.58. The Bertz CT molecular complexity index is 904. The van der Waals surface area contributed by atoms with E-state index >= 15 is 0 Å². The molecule has 0 unspecified atom stereocenters. The molecule has 2 amide bonds. The Morgan fingerprint density at radius 1 is 0.964 bits per heavy atom. The van der Waals surface area contributed by atoms with Crippen molar-refractivity contribution in [1.29, 1.82) is 0 Å². The van der Waals surface area contributed by atoms with Crippen LogP contribution in [0.15, 0.2) is 59.0 Å². The van der Waals surface area contributed by atoms with Gasteiger partial charge in [-0.05, 0) is 36.4 Å². The second-order valence-corrected chi connectivity index (χ2v) is 6.08. The van der Waals surface area contributed by atoms with Crippen LogP contribution in [0.4, 0.5) is 4.39 Å². The highest BCUT2D eigenvalue weighted by Crippen LogP contribution is 2.18. The summed E-state index contributed by atoms with van der Waals surface area (Å²) in [5.74, 6) is 0.229. The van der Waals surface area contributed by atoms with Gasteiger partial charge < -0.3 is 19.8 Å². The van der Waals surface area contributed by atoms with E-state index in [9.17, 15) is 14.0 Å². The third-order valence-electron chi connectivity index (χ3n) is 4.01. The van der Waals surface area contributed by atoms with Gasteiger partial charge in [-0.2, -0.15) is 0 Å². The first kappa shape index (κ1) is 19.4. The monoisotopic (exact) mass is 384 g/mol. The van der Waals surface area contributed by atoms with Crippen LogP contribution >= 0.6 is 0 Å². The fourth-order valence-corrected chi connectivity index (χ4v) is 2.58. The number of carbonyl (C=O) groups is 2. The molecule has 6 nitrogen and oxygen atoms in total. The minimum Gasteiger partial charge on any atom is -0.493 e. The van der Waals surface area contributed by atoms with Gasteiger partial charge in [-0.3, -0.25) is 14.0 Å². The highest BCUT2D eigenvalue weighted by molar-refractivity contribution is 5.96. The van der Waals surface area contributed by atoms with Crippen molar-refractivity contribution in [1.82, 2.24) is 10.6 Å². The molecule has 3 rings (SSSR count). The van der Waals surface area contributed by atoms with Crippen LogP contribution in [0.2, 0.25) is 0 Å². The van der Waals surface area contributed by atoms with Crippen molar-refractivity contribution in [3.8, 4) is 5.75 Å². The largest absolute Gasteiger partial charge is 0.493 e. The van der Waals surface area contributed by atoms with E-state index in [1.54, 1.807) is 36.4 Å². The lowest BCUT2D eigenvalue weighted by Crippen LogP contribution is -2.34. The Labute approximate surface area is 161 Å². The Balaban J connectivity index is 1.41. The normalized spacial score (nSPS) is 10.6. The Morgan fingerprint density at radius 3 is 2.39 bits per heavy atom. The molecule has 0 fully saturated rings. The van der Waals surface area contributed by atoms with E-state index in [0.29, 0.717) is 29.9 Å². The molecule has 0 aliphatic rings. The van der Waals surface area contributed by atoms with Crippen LogP contribution < -0.4 is 15.4 Å². The first-order chi connectivity index (χ1) is 13.7. The molecular weight excluding hydrogens is 363 g/mol. The molecular formula is C21H21FN2O4. The average molecular weight is 384 g/mol. The van der Waals surface area contributed by atoms with E-state index < -0.39 is 6.67 Å². The predicted octanol–water partition coefficient (Wildman–Crippen LogP) is 3.33. The zero-order valence-electron chi connectivity index (χ0n) is 15.2. The molecule has 1 aromatic heterocycles. The third-order valence-corrected chi connectivity index (χ3v) is 4.01. The van der Waals surface area contributed by atoms with Crippen LogP contribution in [0.3, 0.4) is 0 Å². The summed E-state index contributed by atoms with van der Waals surface area (Å²) in [5.41, 5.74) is 1.12. The van der Waals surface area contributed by atoms with Gasteiger partial charge in [0.1, 0.15) is 11.3 Å². The first-order valence-electron chi connectivity index (χ1n) is 9.01. The molecule has 3 aromatic rings. The minimum atomic E-state index is -0.423. The van der Waals surface area contributed by atoms with Gasteiger partial charge in [0, 0.05) is 30.5 Å². The smallest absolute Gasteiger partial charge is 0.287 e. The third kappa shape index (κ3) is 5.09. The number of fused-ring (bicyclic) bond motifs is 1. The topological polar surface area (TPSA) is 80.6 Å². The number of hydrogen-bond acceptors (Lipinski definition) is 4. The number of hydrogen-bond donors (Lipinski definition) is 2. The summed E-state index contributed by atoms with van der Waals surface area (Å²) < 4.78 is 22.9. The lowest BCUT2D eigenvalue weighted by Gasteiger charge is -2.08. The van der Waals surface area contributed by atoms with E-state index in [1.165, 1.54) is 0 Å². The highest BCUT2D eigenvalue weighted by Gasteiger charge is 2.11. The van der Waals surface area contributed by atoms with Crippen molar-refractivity contribution in [3.05, 3.63) is 65.9 Å². The van der Waals surface area contributed by atoms with Gasteiger partial charge in [0.05, 0.1) is 13.3 Å². The number of ether oxygens (including phenoxy) is 1. The number of rotatable bonds is 9. The van der Waals surface area contributed by atoms with Gasteiger partial charge >= 0.3 is 0 Å². The minimum absolute atomic E-state index is 0.232. The SMILES string of the molecule is O=C(NCCNC(=O)c1cc2ccccc2o1)c1ccc(OCCCF)cc1. The van der Waals surface area contributed by atoms with Gasteiger partial charge in [-0.15, -0.1) is 0 Å². The lowest BCUT2D eigenvalue weighted by molar-refractivity contribution is 0.0912. The first-order valence-corrected chi connectivity index (χ1v) is 9.01. The van der Waals surface area contributed by atoms with Crippen LogP contribution in [0.5, 0.6) is 5.75 Å². The molecule has 0 aliphatic carbocycles. The lowest BCUT2D eigenvalue weighted by atomic mass is 10.2. The maximum atomic E-state index is 12.1. The number of para-hydroxylation sites is 1. The van der Waals surface area contributed by atoms with E-state index in [2.05, 4.69) is 10.6 Å². The molecule has 0 spiro atoms. The summed E-state index contributed by atoms with van der Waals surface area (Å²) in [6.45, 7) is 0.423. The number of benzene rings is 2. The highest BCUT2D eigenvalue weighted by atomic mass is 19.1. The van der Waals surface area contributed by atoms with Gasteiger partial charge in [0.15, 0.2) is 5.76 Å². The second-order valence-electron chi connectivity index (χ2n) is 6.08. The number of alkyl halides is 1. The van der Waals surface area contributed by atoms with Gasteiger partial charge in [0.25, 0.3) is 11.8 Å². The number of furan rings is 1. The van der Waals surface area contributed by atoms with E-state index in [1.807, 2.05) is 18.2 Å². The maximum absolute atomic E-state index is 12.1. The van der Waals surface area contributed by atoms with Crippen LogP contribution in [0, 0.1) is 0 Å². The number of amides is 2. The maximum Gasteiger partial charge on any atom is 0.287 e. The van der Waals surface area contributed by atoms with E-state index in [-0.39, 0.29) is 30.7 Å². The molecule has 1 heterocycles. The van der Waals surface area contributed by atoms with Crippen molar-refractivity contribution in [2.75, 3.05) is 26.4 Å². The fraction of sp³-hybridized carbons (Fsp3) is 0.238. The molecule has 0 saturated carbocycles. The summed E-state index contributed by atoms with van der Waals surface area (Å²) in [4.78, 5) is 24.2. The quantitative estimate of drug-likeness (QED) is 0.555. The molecule has 0 aliphatic heterocycles. The number of carbonyl (C=O) groups excluding carboxylic acids is 2. The van der Waals surface area contributed by atoms with E-state index in [0.717, 1.165) is 5.39 Å². The van der Waals surface area contributed by atoms with Crippen molar-refractivity contribution in [2.24, 2.45) is 0 Å². The Morgan fingerprint density at radius 2 is 1.68 bits per heavy atom. The van der Waals surface area contributed by atoms with Crippen LogP contribution in [0.25, 0.3) is 11.0 Å². The summed E-state index contributed by atoms with van der Waals surface area (Å²) in [6, 6.07) is 15.6. The molecule has 2 aromatic carbocycles. The second kappa shape index (κ2) is 9.55. The van der Waals surface area contributed by atoms with E-state index in [4.69, 9.17) is 9.15 Å². The van der Waals surface area contributed by atoms with Crippen LogP contribution in [-0.4, -0.2) is 38.2 Å². The molecule has 0 saturated heterocycles. The molecule has 2 N–H and O–H groups in total. The van der Waals surface area contributed by atoms with Crippen molar-refractivity contribution in [2.45, 2.75) is 6.42 Å². The Kier molecular flexibility index (Phi) is 6.62. The molecule has 0 atom stereocenters. The molecule has 7 heteroatoms. The Hall–Kier alpha value is -3.35. The van der Waals surface area contributed by atoms with Crippen molar-refractivity contribution in [3.63, 3.8) is 0 Å². The summed E-state index contributed by atoms with van der Waals surface area (Å²) in [6.07, 6.45) is 0.335. The van der Waals surface area contributed by atoms with Gasteiger partial charge in [-0.1, -0.05) is 18.2 Å². The molecule has 0 bridgehead atoms. The molecule has 28 heavy (non-hydrogen) atoms. The average Bonchev–Trinajstić information content (AvgIpc) is 3.16. The zero-order chi connectivity index (χ0) is 19.8. The zero-order valence-corrected chi connectivity index (χ0v) is 15.2.